The molecule has 1 atom stereocenters. The molecule has 1 unspecified atom stereocenters. The van der Waals surface area contributed by atoms with E-state index < -0.39 is 0 Å². The lowest BCUT2D eigenvalue weighted by Crippen LogP contribution is -2.52. The van der Waals surface area contributed by atoms with E-state index in [1.54, 1.807) is 6.20 Å². The molecule has 1 N–H and O–H groups in total. The fourth-order valence-electron chi connectivity index (χ4n) is 6.54. The Morgan fingerprint density at radius 3 is 2.62 bits per heavy atom. The summed E-state index contributed by atoms with van der Waals surface area (Å²) < 4.78 is 9.92. The van der Waals surface area contributed by atoms with E-state index in [2.05, 4.69) is 73.6 Å². The van der Waals surface area contributed by atoms with Gasteiger partial charge in [0.15, 0.2) is 0 Å². The van der Waals surface area contributed by atoms with E-state index in [-0.39, 0.29) is 23.3 Å². The van der Waals surface area contributed by atoms with Crippen LogP contribution >= 0.6 is 11.9 Å². The first kappa shape index (κ1) is 27.6. The molecule has 1 saturated carbocycles. The van der Waals surface area contributed by atoms with Gasteiger partial charge in [-0.25, -0.2) is 4.98 Å². The minimum absolute atomic E-state index is 0.0320. The van der Waals surface area contributed by atoms with Crippen molar-refractivity contribution in [2.75, 3.05) is 47.2 Å². The fraction of sp³-hybridized carbons (Fsp3) is 0.562. The van der Waals surface area contributed by atoms with E-state index in [0.717, 1.165) is 80.2 Å². The Labute approximate surface area is 252 Å². The van der Waals surface area contributed by atoms with Gasteiger partial charge in [0.05, 0.1) is 17.2 Å². The summed E-state index contributed by atoms with van der Waals surface area (Å²) in [6, 6.07) is 10.6. The van der Waals surface area contributed by atoms with Crippen molar-refractivity contribution in [1.82, 2.24) is 20.1 Å². The van der Waals surface area contributed by atoms with Crippen molar-refractivity contribution in [3.8, 4) is 22.9 Å². The van der Waals surface area contributed by atoms with Crippen LogP contribution in [0.15, 0.2) is 40.9 Å². The number of hydrogen-bond donors (Lipinski definition) is 1. The summed E-state index contributed by atoms with van der Waals surface area (Å²) >= 11 is 1.81. The second-order valence-corrected chi connectivity index (χ2v) is 14.2. The monoisotopic (exact) mass is 587 g/mol. The number of piperidine rings is 2. The molecule has 8 rings (SSSR count). The molecular weight excluding hydrogens is 546 g/mol. The Morgan fingerprint density at radius 2 is 1.83 bits per heavy atom. The van der Waals surface area contributed by atoms with E-state index in [1.807, 2.05) is 24.1 Å². The van der Waals surface area contributed by atoms with Crippen LogP contribution in [-0.4, -0.2) is 70.0 Å². The number of hydrogen-bond acceptors (Lipinski definition) is 9. The van der Waals surface area contributed by atoms with Crippen molar-refractivity contribution in [2.24, 2.45) is 11.3 Å². The molecule has 8 bridgehead atoms. The van der Waals surface area contributed by atoms with Crippen molar-refractivity contribution in [3.05, 3.63) is 36.5 Å². The Morgan fingerprint density at radius 1 is 1.02 bits per heavy atom. The quantitative estimate of drug-likeness (QED) is 0.364. The fourth-order valence-corrected chi connectivity index (χ4v) is 7.34. The third-order valence-electron chi connectivity index (χ3n) is 9.38. The van der Waals surface area contributed by atoms with Crippen molar-refractivity contribution in [3.63, 3.8) is 0 Å². The summed E-state index contributed by atoms with van der Waals surface area (Å²) in [5, 5.41) is 9.71. The summed E-state index contributed by atoms with van der Waals surface area (Å²) in [6.07, 6.45) is 8.27. The van der Waals surface area contributed by atoms with Crippen molar-refractivity contribution in [2.45, 2.75) is 70.6 Å². The molecule has 5 aliphatic rings. The molecule has 3 fully saturated rings. The summed E-state index contributed by atoms with van der Waals surface area (Å²) in [5.74, 6) is 2.11. The third kappa shape index (κ3) is 5.57. The van der Waals surface area contributed by atoms with E-state index >= 15 is 0 Å². The minimum atomic E-state index is -0.0320. The van der Waals surface area contributed by atoms with Gasteiger partial charge in [0, 0.05) is 61.5 Å². The highest BCUT2D eigenvalue weighted by molar-refractivity contribution is 8.01. The SMILES string of the molecule is CC(C)N1CC2(C)CCN(CC2)c2cc(NSC3CC3)ccc2-c2nnc(o2)-c2ccnc(c2)N2CCCC(C2)C1=O. The number of nitrogens with one attached hydrogen (secondary N) is 1. The van der Waals surface area contributed by atoms with E-state index in [1.165, 1.54) is 12.8 Å². The van der Waals surface area contributed by atoms with Crippen molar-refractivity contribution in [1.29, 1.82) is 0 Å². The second-order valence-electron chi connectivity index (χ2n) is 13.1. The summed E-state index contributed by atoms with van der Waals surface area (Å²) in [7, 11) is 0. The topological polar surface area (TPSA) is 90.6 Å². The molecule has 2 aromatic heterocycles. The first-order chi connectivity index (χ1) is 20.3. The molecule has 222 valence electrons. The molecule has 0 radical (unpaired) electrons. The van der Waals surface area contributed by atoms with Gasteiger partial charge in [-0.15, -0.1) is 10.2 Å². The zero-order valence-corrected chi connectivity index (χ0v) is 25.7. The van der Waals surface area contributed by atoms with Crippen LogP contribution in [0.5, 0.6) is 0 Å². The number of rotatable bonds is 4. The van der Waals surface area contributed by atoms with Gasteiger partial charge in [0.2, 0.25) is 17.7 Å². The van der Waals surface area contributed by atoms with Crippen LogP contribution in [0.1, 0.15) is 59.3 Å². The van der Waals surface area contributed by atoms with E-state index in [9.17, 15) is 4.79 Å². The van der Waals surface area contributed by atoms with E-state index in [4.69, 9.17) is 4.42 Å². The maximum atomic E-state index is 14.1. The highest BCUT2D eigenvalue weighted by atomic mass is 32.2. The Hall–Kier alpha value is -3.27. The number of nitrogens with zero attached hydrogens (tertiary/aromatic N) is 6. The lowest BCUT2D eigenvalue weighted by Gasteiger charge is -2.45. The lowest BCUT2D eigenvalue weighted by atomic mass is 9.79. The number of anilines is 3. The van der Waals surface area contributed by atoms with Crippen LogP contribution in [0, 0.1) is 11.3 Å². The van der Waals surface area contributed by atoms with Crippen LogP contribution in [-0.2, 0) is 4.79 Å². The maximum absolute atomic E-state index is 14.1. The standard InChI is InChI=1S/C32H41N7O2S/c1-21(2)39-20-32(3)11-15-37(16-12-32)27-18-24(36-42-25-7-8-25)6-9-26(27)30-35-34-29(41-30)22-10-13-33-28(17-22)38-14-4-5-23(19-38)31(39)40/h6,9-10,13,17-18,21,23,25,36H,4-5,7-8,11-12,14-16,19-20H2,1-3H3. The molecule has 6 heterocycles. The number of aromatic nitrogens is 3. The second kappa shape index (κ2) is 11.1. The molecule has 42 heavy (non-hydrogen) atoms. The first-order valence-corrected chi connectivity index (χ1v) is 16.4. The van der Waals surface area contributed by atoms with Gasteiger partial charge in [-0.1, -0.05) is 6.92 Å². The smallest absolute Gasteiger partial charge is 0.250 e. The normalized spacial score (nSPS) is 24.4. The van der Waals surface area contributed by atoms with Crippen molar-refractivity contribution >= 4 is 35.0 Å². The van der Waals surface area contributed by atoms with Crippen molar-refractivity contribution < 1.29 is 9.21 Å². The molecule has 1 aliphatic carbocycles. The molecule has 2 saturated heterocycles. The average Bonchev–Trinajstić information content (AvgIpc) is 3.72. The zero-order chi connectivity index (χ0) is 28.8. The average molecular weight is 588 g/mol. The zero-order valence-electron chi connectivity index (χ0n) is 24.9. The number of amides is 1. The van der Waals surface area contributed by atoms with Gasteiger partial charge >= 0.3 is 0 Å². The van der Waals surface area contributed by atoms with Crippen LogP contribution in [0.2, 0.25) is 0 Å². The van der Waals surface area contributed by atoms with Gasteiger partial charge in [0.25, 0.3) is 0 Å². The predicted octanol–water partition coefficient (Wildman–Crippen LogP) is 6.09. The first-order valence-electron chi connectivity index (χ1n) is 15.5. The third-order valence-corrected chi connectivity index (χ3v) is 10.5. The van der Waals surface area contributed by atoms with Crippen LogP contribution in [0.25, 0.3) is 22.9 Å². The lowest BCUT2D eigenvalue weighted by molar-refractivity contribution is -0.139. The minimum Gasteiger partial charge on any atom is -0.416 e. The molecule has 1 amide bonds. The molecular formula is C32H41N7O2S. The van der Waals surface area contributed by atoms with Gasteiger partial charge in [-0.3, -0.25) is 4.79 Å². The Bertz CT molecular complexity index is 1450. The molecule has 10 heteroatoms. The van der Waals surface area contributed by atoms with E-state index in [0.29, 0.717) is 23.6 Å². The number of fused-ring (bicyclic) bond motifs is 4. The summed E-state index contributed by atoms with van der Waals surface area (Å²) in [4.78, 5) is 25.6. The van der Waals surface area contributed by atoms with Gasteiger partial charge < -0.3 is 23.8 Å². The molecule has 9 nitrogen and oxygen atoms in total. The van der Waals surface area contributed by atoms with Gasteiger partial charge in [-0.05, 0) is 100 Å². The Kier molecular flexibility index (Phi) is 7.28. The van der Waals surface area contributed by atoms with Gasteiger partial charge in [-0.2, -0.15) is 0 Å². The van der Waals surface area contributed by atoms with Crippen LogP contribution in [0.4, 0.5) is 17.2 Å². The number of carbonyl (C=O) groups is 1. The van der Waals surface area contributed by atoms with Gasteiger partial charge in [0.1, 0.15) is 5.82 Å². The van der Waals surface area contributed by atoms with Crippen LogP contribution < -0.4 is 14.5 Å². The molecule has 1 aromatic carbocycles. The number of pyridine rings is 1. The van der Waals surface area contributed by atoms with Crippen LogP contribution in [0.3, 0.4) is 0 Å². The number of benzene rings is 1. The highest BCUT2D eigenvalue weighted by Gasteiger charge is 2.38. The molecule has 3 aromatic rings. The summed E-state index contributed by atoms with van der Waals surface area (Å²) in [5.41, 5.74) is 4.06. The highest BCUT2D eigenvalue weighted by Crippen LogP contribution is 2.41. The largest absolute Gasteiger partial charge is 0.416 e. The number of carbonyl (C=O) groups excluding carboxylic acids is 1. The molecule has 4 aliphatic heterocycles. The predicted molar refractivity (Wildman–Crippen MR) is 169 cm³/mol. The summed E-state index contributed by atoms with van der Waals surface area (Å²) in [6.45, 7) is 10.9. The Balaban J connectivity index is 1.29. The maximum Gasteiger partial charge on any atom is 0.250 e. The molecule has 0 spiro atoms.